The lowest BCUT2D eigenvalue weighted by atomic mass is 10.2. The Morgan fingerprint density at radius 3 is 2.17 bits per heavy atom. The van der Waals surface area contributed by atoms with Crippen LogP contribution >= 0.6 is 15.9 Å². The molecule has 1 aliphatic rings. The fourth-order valence-corrected chi connectivity index (χ4v) is 3.82. The van der Waals surface area contributed by atoms with Crippen molar-refractivity contribution in [2.45, 2.75) is 25.9 Å². The molecule has 0 unspecified atom stereocenters. The molecule has 8 heteroatoms. The summed E-state index contributed by atoms with van der Waals surface area (Å²) >= 11 is 3.51. The summed E-state index contributed by atoms with van der Waals surface area (Å²) < 4.78 is 6.36. The first kappa shape index (κ1) is 20.4. The molecular formula is C22H25BrN6O. The molecule has 0 amide bonds. The number of anilines is 3. The summed E-state index contributed by atoms with van der Waals surface area (Å²) in [5.74, 6) is 2.68. The van der Waals surface area contributed by atoms with Crippen LogP contribution in [0, 0.1) is 0 Å². The molecule has 2 aromatic carbocycles. The van der Waals surface area contributed by atoms with Gasteiger partial charge in [0.05, 0.1) is 7.11 Å². The number of aromatic nitrogens is 3. The summed E-state index contributed by atoms with van der Waals surface area (Å²) in [6.07, 6.45) is 2.33. The zero-order valence-corrected chi connectivity index (χ0v) is 18.5. The smallest absolute Gasteiger partial charge is 0.231 e. The van der Waals surface area contributed by atoms with Gasteiger partial charge in [-0.1, -0.05) is 40.2 Å². The lowest BCUT2D eigenvalue weighted by molar-refractivity contribution is 0.414. The Morgan fingerprint density at radius 2 is 1.53 bits per heavy atom. The van der Waals surface area contributed by atoms with E-state index in [0.29, 0.717) is 30.9 Å². The van der Waals surface area contributed by atoms with E-state index in [1.807, 2.05) is 36.4 Å². The monoisotopic (exact) mass is 468 g/mol. The zero-order chi connectivity index (χ0) is 20.8. The second-order valence-electron chi connectivity index (χ2n) is 7.17. The van der Waals surface area contributed by atoms with Crippen LogP contribution in [0.15, 0.2) is 53.0 Å². The second-order valence-corrected chi connectivity index (χ2v) is 8.08. The Bertz CT molecular complexity index is 993. The Labute approximate surface area is 185 Å². The summed E-state index contributed by atoms with van der Waals surface area (Å²) in [7, 11) is 1.67. The molecule has 0 saturated carbocycles. The van der Waals surface area contributed by atoms with E-state index in [2.05, 4.69) is 58.5 Å². The van der Waals surface area contributed by atoms with Gasteiger partial charge in [-0.25, -0.2) is 0 Å². The van der Waals surface area contributed by atoms with Crippen molar-refractivity contribution >= 4 is 33.8 Å². The summed E-state index contributed by atoms with van der Waals surface area (Å²) in [5.41, 5.74) is 2.25. The number of methoxy groups -OCH3 is 1. The van der Waals surface area contributed by atoms with E-state index in [0.717, 1.165) is 34.4 Å². The molecule has 0 aliphatic carbocycles. The van der Waals surface area contributed by atoms with Crippen molar-refractivity contribution in [3.05, 3.63) is 64.1 Å². The van der Waals surface area contributed by atoms with Crippen LogP contribution in [0.2, 0.25) is 0 Å². The number of nitrogens with one attached hydrogen (secondary N) is 2. The number of ether oxygens (including phenoxy) is 1. The van der Waals surface area contributed by atoms with E-state index >= 15 is 0 Å². The largest absolute Gasteiger partial charge is 0.497 e. The molecule has 2 N–H and O–H groups in total. The van der Waals surface area contributed by atoms with Gasteiger partial charge in [-0.05, 0) is 48.2 Å². The number of halogens is 1. The predicted octanol–water partition coefficient (Wildman–Crippen LogP) is 4.47. The Hall–Kier alpha value is -2.87. The number of rotatable bonds is 8. The van der Waals surface area contributed by atoms with Gasteiger partial charge in [-0.3, -0.25) is 0 Å². The van der Waals surface area contributed by atoms with Gasteiger partial charge < -0.3 is 20.3 Å². The maximum atomic E-state index is 5.31. The van der Waals surface area contributed by atoms with E-state index < -0.39 is 0 Å². The standard InChI is InChI=1S/C22H25BrN6O/c1-30-19-9-5-7-17(13-19)15-25-21-26-20(24-14-16-6-4-8-18(23)12-16)27-22(28-21)29-10-2-3-11-29/h4-9,12-13H,2-3,10-11,14-15H2,1H3,(H2,24,25,26,27,28). The van der Waals surface area contributed by atoms with Crippen molar-refractivity contribution in [1.82, 2.24) is 15.0 Å². The average Bonchev–Trinajstić information content (AvgIpc) is 3.32. The van der Waals surface area contributed by atoms with Crippen LogP contribution in [0.5, 0.6) is 5.75 Å². The van der Waals surface area contributed by atoms with Gasteiger partial charge in [-0.2, -0.15) is 15.0 Å². The van der Waals surface area contributed by atoms with E-state index in [1.165, 1.54) is 12.8 Å². The molecule has 1 aliphatic heterocycles. The number of benzene rings is 2. The molecule has 1 fully saturated rings. The lowest BCUT2D eigenvalue weighted by Crippen LogP contribution is -2.22. The van der Waals surface area contributed by atoms with Crippen LogP contribution in [0.3, 0.4) is 0 Å². The Morgan fingerprint density at radius 1 is 0.900 bits per heavy atom. The van der Waals surface area contributed by atoms with Crippen molar-refractivity contribution < 1.29 is 4.74 Å². The van der Waals surface area contributed by atoms with Gasteiger partial charge in [0.1, 0.15) is 5.75 Å². The highest BCUT2D eigenvalue weighted by Gasteiger charge is 2.17. The molecule has 156 valence electrons. The minimum atomic E-state index is 0.562. The summed E-state index contributed by atoms with van der Waals surface area (Å²) in [4.78, 5) is 16.1. The fraction of sp³-hybridized carbons (Fsp3) is 0.318. The average molecular weight is 469 g/mol. The third-order valence-electron chi connectivity index (χ3n) is 4.94. The van der Waals surface area contributed by atoms with Crippen molar-refractivity contribution in [3.63, 3.8) is 0 Å². The SMILES string of the molecule is COc1cccc(CNc2nc(NCc3cccc(Br)c3)nc(N3CCCC3)n2)c1. The predicted molar refractivity (Wildman–Crippen MR) is 123 cm³/mol. The third-order valence-corrected chi connectivity index (χ3v) is 5.43. The lowest BCUT2D eigenvalue weighted by Gasteiger charge is -2.17. The van der Waals surface area contributed by atoms with Gasteiger partial charge in [0.25, 0.3) is 0 Å². The second kappa shape index (κ2) is 9.75. The molecule has 0 bridgehead atoms. The zero-order valence-electron chi connectivity index (χ0n) is 16.9. The van der Waals surface area contributed by atoms with E-state index in [-0.39, 0.29) is 0 Å². The normalized spacial score (nSPS) is 13.3. The fourth-order valence-electron chi connectivity index (χ4n) is 3.37. The van der Waals surface area contributed by atoms with Crippen LogP contribution < -0.4 is 20.3 Å². The molecule has 1 saturated heterocycles. The molecule has 1 aromatic heterocycles. The van der Waals surface area contributed by atoms with Gasteiger partial charge >= 0.3 is 0 Å². The highest BCUT2D eigenvalue weighted by molar-refractivity contribution is 9.10. The molecule has 30 heavy (non-hydrogen) atoms. The Kier molecular flexibility index (Phi) is 6.63. The van der Waals surface area contributed by atoms with Crippen molar-refractivity contribution in [3.8, 4) is 5.75 Å². The van der Waals surface area contributed by atoms with Gasteiger partial charge in [0.15, 0.2) is 0 Å². The number of nitrogens with zero attached hydrogens (tertiary/aromatic N) is 4. The topological polar surface area (TPSA) is 75.2 Å². The molecule has 0 spiro atoms. The van der Waals surface area contributed by atoms with Crippen LogP contribution in [0.4, 0.5) is 17.8 Å². The van der Waals surface area contributed by atoms with Gasteiger partial charge in [0, 0.05) is 30.7 Å². The quantitative estimate of drug-likeness (QED) is 0.504. The van der Waals surface area contributed by atoms with Gasteiger partial charge in [-0.15, -0.1) is 0 Å². The summed E-state index contributed by atoms with van der Waals surface area (Å²) in [6.45, 7) is 3.19. The maximum Gasteiger partial charge on any atom is 0.231 e. The molecular weight excluding hydrogens is 444 g/mol. The van der Waals surface area contributed by atoms with E-state index in [1.54, 1.807) is 7.11 Å². The van der Waals surface area contributed by atoms with Gasteiger partial charge in [0.2, 0.25) is 17.8 Å². The van der Waals surface area contributed by atoms with Crippen LogP contribution in [0.1, 0.15) is 24.0 Å². The first-order chi connectivity index (χ1) is 14.7. The highest BCUT2D eigenvalue weighted by Crippen LogP contribution is 2.20. The minimum Gasteiger partial charge on any atom is -0.497 e. The molecule has 4 rings (SSSR count). The summed E-state index contributed by atoms with van der Waals surface area (Å²) in [5, 5.41) is 6.67. The maximum absolute atomic E-state index is 5.31. The minimum absolute atomic E-state index is 0.562. The molecule has 0 radical (unpaired) electrons. The van der Waals surface area contributed by atoms with Crippen LogP contribution in [-0.2, 0) is 13.1 Å². The first-order valence-corrected chi connectivity index (χ1v) is 10.8. The summed E-state index contributed by atoms with van der Waals surface area (Å²) in [6, 6.07) is 16.1. The van der Waals surface area contributed by atoms with E-state index in [4.69, 9.17) is 4.74 Å². The van der Waals surface area contributed by atoms with Crippen LogP contribution in [-0.4, -0.2) is 35.2 Å². The van der Waals surface area contributed by atoms with Crippen molar-refractivity contribution in [2.75, 3.05) is 35.7 Å². The highest BCUT2D eigenvalue weighted by atomic mass is 79.9. The number of hydrogen-bond donors (Lipinski definition) is 2. The Balaban J connectivity index is 1.51. The first-order valence-electron chi connectivity index (χ1n) is 10.1. The molecule has 7 nitrogen and oxygen atoms in total. The van der Waals surface area contributed by atoms with E-state index in [9.17, 15) is 0 Å². The van der Waals surface area contributed by atoms with Crippen molar-refractivity contribution in [1.29, 1.82) is 0 Å². The number of hydrogen-bond acceptors (Lipinski definition) is 7. The van der Waals surface area contributed by atoms with Crippen molar-refractivity contribution in [2.24, 2.45) is 0 Å². The third kappa shape index (κ3) is 5.38. The molecule has 2 heterocycles. The molecule has 3 aromatic rings. The van der Waals surface area contributed by atoms with Crippen LogP contribution in [0.25, 0.3) is 0 Å². The molecule has 0 atom stereocenters.